The minimum absolute atomic E-state index is 0.307. The maximum absolute atomic E-state index is 11.0. The summed E-state index contributed by atoms with van der Waals surface area (Å²) in [5.41, 5.74) is 0. The van der Waals surface area contributed by atoms with Crippen molar-refractivity contribution in [3.05, 3.63) is 11.0 Å². The SMILES string of the molecule is O=C(CO)N1CC=C(S(=O)O)CC1. The van der Waals surface area contributed by atoms with Crippen molar-refractivity contribution in [1.82, 2.24) is 4.90 Å². The molecule has 5 nitrogen and oxygen atoms in total. The molecule has 1 amide bonds. The van der Waals surface area contributed by atoms with Crippen LogP contribution in [0.4, 0.5) is 0 Å². The van der Waals surface area contributed by atoms with Crippen LogP contribution in [0.1, 0.15) is 6.42 Å². The number of aliphatic hydroxyl groups is 1. The Balaban J connectivity index is 2.56. The molecule has 0 saturated carbocycles. The highest BCUT2D eigenvalue weighted by atomic mass is 32.2. The zero-order valence-electron chi connectivity index (χ0n) is 6.97. The maximum atomic E-state index is 11.0. The predicted molar refractivity (Wildman–Crippen MR) is 47.1 cm³/mol. The lowest BCUT2D eigenvalue weighted by Gasteiger charge is -2.24. The van der Waals surface area contributed by atoms with Crippen molar-refractivity contribution in [2.24, 2.45) is 0 Å². The summed E-state index contributed by atoms with van der Waals surface area (Å²) < 4.78 is 19.3. The molecule has 1 unspecified atom stereocenters. The quantitative estimate of drug-likeness (QED) is 0.585. The number of carbonyl (C=O) groups excluding carboxylic acids is 1. The van der Waals surface area contributed by atoms with Crippen LogP contribution in [-0.2, 0) is 15.9 Å². The van der Waals surface area contributed by atoms with Crippen LogP contribution in [0.3, 0.4) is 0 Å². The van der Waals surface area contributed by atoms with Gasteiger partial charge >= 0.3 is 0 Å². The number of nitrogens with zero attached hydrogens (tertiary/aromatic N) is 1. The first kappa shape index (κ1) is 10.4. The molecule has 6 heteroatoms. The van der Waals surface area contributed by atoms with Crippen molar-refractivity contribution >= 4 is 17.0 Å². The first-order chi connectivity index (χ1) is 6.15. The van der Waals surface area contributed by atoms with E-state index in [1.165, 1.54) is 4.90 Å². The Kier molecular flexibility index (Phi) is 3.58. The van der Waals surface area contributed by atoms with Crippen molar-refractivity contribution < 1.29 is 18.7 Å². The number of hydrogen-bond acceptors (Lipinski definition) is 3. The summed E-state index contributed by atoms with van der Waals surface area (Å²) in [6.07, 6.45) is 1.95. The van der Waals surface area contributed by atoms with Gasteiger partial charge in [-0.25, -0.2) is 4.21 Å². The minimum atomic E-state index is -1.92. The van der Waals surface area contributed by atoms with E-state index in [1.807, 2.05) is 0 Å². The smallest absolute Gasteiger partial charge is 0.248 e. The molecule has 0 aromatic rings. The van der Waals surface area contributed by atoms with Crippen LogP contribution in [0.15, 0.2) is 11.0 Å². The van der Waals surface area contributed by atoms with Gasteiger partial charge in [-0.3, -0.25) is 4.79 Å². The van der Waals surface area contributed by atoms with Gasteiger partial charge < -0.3 is 14.6 Å². The number of amides is 1. The first-order valence-corrected chi connectivity index (χ1v) is 4.94. The molecule has 1 heterocycles. The highest BCUT2D eigenvalue weighted by molar-refractivity contribution is 7.83. The Bertz CT molecular complexity index is 263. The summed E-state index contributed by atoms with van der Waals surface area (Å²) in [5.74, 6) is -0.348. The molecule has 0 spiro atoms. The Morgan fingerprint density at radius 1 is 1.69 bits per heavy atom. The van der Waals surface area contributed by atoms with Gasteiger partial charge in [0.2, 0.25) is 5.91 Å². The summed E-state index contributed by atoms with van der Waals surface area (Å²) in [6.45, 7) is 0.198. The van der Waals surface area contributed by atoms with E-state index in [4.69, 9.17) is 9.66 Å². The van der Waals surface area contributed by atoms with Gasteiger partial charge in [0, 0.05) is 24.4 Å². The molecule has 0 aliphatic carbocycles. The van der Waals surface area contributed by atoms with Crippen LogP contribution >= 0.6 is 0 Å². The summed E-state index contributed by atoms with van der Waals surface area (Å²) >= 11 is -1.92. The lowest BCUT2D eigenvalue weighted by molar-refractivity contribution is -0.133. The molecule has 0 bridgehead atoms. The normalized spacial score (nSPS) is 19.5. The van der Waals surface area contributed by atoms with Crippen LogP contribution in [0, 0.1) is 0 Å². The molecule has 0 aromatic carbocycles. The molecule has 74 valence electrons. The fraction of sp³-hybridized carbons (Fsp3) is 0.571. The van der Waals surface area contributed by atoms with Gasteiger partial charge in [-0.05, 0) is 0 Å². The molecule has 1 atom stereocenters. The van der Waals surface area contributed by atoms with Crippen molar-refractivity contribution in [3.8, 4) is 0 Å². The third-order valence-electron chi connectivity index (χ3n) is 1.88. The molecule has 1 rings (SSSR count). The fourth-order valence-corrected chi connectivity index (χ4v) is 1.62. The molecule has 1 aliphatic rings. The van der Waals surface area contributed by atoms with Crippen molar-refractivity contribution in [3.63, 3.8) is 0 Å². The van der Waals surface area contributed by atoms with Crippen LogP contribution < -0.4 is 0 Å². The second kappa shape index (κ2) is 4.50. The number of aliphatic hydroxyl groups excluding tert-OH is 1. The Hall–Kier alpha value is -0.720. The van der Waals surface area contributed by atoms with E-state index in [-0.39, 0.29) is 5.91 Å². The van der Waals surface area contributed by atoms with E-state index >= 15 is 0 Å². The third-order valence-corrected chi connectivity index (χ3v) is 2.70. The van der Waals surface area contributed by atoms with Gasteiger partial charge in [0.25, 0.3) is 0 Å². The lowest BCUT2D eigenvalue weighted by Crippen LogP contribution is -2.37. The Morgan fingerprint density at radius 3 is 2.77 bits per heavy atom. The standard InChI is InChI=1S/C7H11NO4S/c9-5-7(10)8-3-1-6(2-4-8)13(11)12/h1,9H,2-5H2,(H,11,12). The summed E-state index contributed by atoms with van der Waals surface area (Å²) in [7, 11) is 0. The third kappa shape index (κ3) is 2.61. The summed E-state index contributed by atoms with van der Waals surface area (Å²) in [6, 6.07) is 0. The molecule has 0 fully saturated rings. The number of hydrogen-bond donors (Lipinski definition) is 2. The Labute approximate surface area is 78.3 Å². The van der Waals surface area contributed by atoms with E-state index in [9.17, 15) is 9.00 Å². The van der Waals surface area contributed by atoms with Gasteiger partial charge in [-0.2, -0.15) is 0 Å². The molecular formula is C7H11NO4S. The van der Waals surface area contributed by atoms with Gasteiger partial charge in [0.15, 0.2) is 11.1 Å². The molecular weight excluding hydrogens is 194 g/mol. The molecule has 13 heavy (non-hydrogen) atoms. The largest absolute Gasteiger partial charge is 0.387 e. The van der Waals surface area contributed by atoms with Gasteiger partial charge in [0.05, 0.1) is 0 Å². The van der Waals surface area contributed by atoms with Crippen LogP contribution in [0.25, 0.3) is 0 Å². The van der Waals surface area contributed by atoms with E-state index < -0.39 is 17.7 Å². The fourth-order valence-electron chi connectivity index (χ4n) is 1.14. The number of carbonyl (C=O) groups is 1. The second-order valence-electron chi connectivity index (χ2n) is 2.67. The molecule has 0 radical (unpaired) electrons. The maximum Gasteiger partial charge on any atom is 0.248 e. The average Bonchev–Trinajstić information content (AvgIpc) is 2.17. The monoisotopic (exact) mass is 205 g/mol. The van der Waals surface area contributed by atoms with Gasteiger partial charge in [-0.1, -0.05) is 6.08 Å². The molecule has 1 aliphatic heterocycles. The highest BCUT2D eigenvalue weighted by Gasteiger charge is 2.18. The van der Waals surface area contributed by atoms with Crippen LogP contribution in [0.2, 0.25) is 0 Å². The molecule has 0 saturated heterocycles. The highest BCUT2D eigenvalue weighted by Crippen LogP contribution is 2.12. The first-order valence-electron chi connectivity index (χ1n) is 3.83. The van der Waals surface area contributed by atoms with E-state index in [0.29, 0.717) is 24.4 Å². The zero-order valence-corrected chi connectivity index (χ0v) is 7.79. The summed E-state index contributed by atoms with van der Waals surface area (Å²) in [5, 5.41) is 8.54. The van der Waals surface area contributed by atoms with Crippen molar-refractivity contribution in [1.29, 1.82) is 0 Å². The van der Waals surface area contributed by atoms with Gasteiger partial charge in [0.1, 0.15) is 6.61 Å². The topological polar surface area (TPSA) is 77.8 Å². The lowest BCUT2D eigenvalue weighted by atomic mass is 10.2. The van der Waals surface area contributed by atoms with Crippen LogP contribution in [-0.4, -0.2) is 44.4 Å². The number of rotatable bonds is 2. The Morgan fingerprint density at radius 2 is 2.38 bits per heavy atom. The minimum Gasteiger partial charge on any atom is -0.387 e. The van der Waals surface area contributed by atoms with E-state index in [2.05, 4.69) is 0 Å². The predicted octanol–water partition coefficient (Wildman–Crippen LogP) is -0.683. The van der Waals surface area contributed by atoms with Gasteiger partial charge in [-0.15, -0.1) is 0 Å². The van der Waals surface area contributed by atoms with E-state index in [0.717, 1.165) is 0 Å². The zero-order chi connectivity index (χ0) is 9.84. The van der Waals surface area contributed by atoms with Crippen LogP contribution in [0.5, 0.6) is 0 Å². The van der Waals surface area contributed by atoms with Crippen molar-refractivity contribution in [2.45, 2.75) is 6.42 Å². The molecule has 0 aromatic heterocycles. The average molecular weight is 205 g/mol. The second-order valence-corrected chi connectivity index (χ2v) is 3.69. The molecule has 2 N–H and O–H groups in total. The summed E-state index contributed by atoms with van der Waals surface area (Å²) in [4.78, 5) is 12.8. The van der Waals surface area contributed by atoms with E-state index in [1.54, 1.807) is 6.08 Å². The van der Waals surface area contributed by atoms with Crippen molar-refractivity contribution in [2.75, 3.05) is 19.7 Å².